The van der Waals surface area contributed by atoms with Gasteiger partial charge in [0.1, 0.15) is 5.69 Å². The smallest absolute Gasteiger partial charge is 0.352 e. The predicted octanol–water partition coefficient (Wildman–Crippen LogP) is 1.75. The van der Waals surface area contributed by atoms with Crippen LogP contribution in [-0.4, -0.2) is 30.3 Å². The number of aromatic carboxylic acids is 1. The molecule has 8 heteroatoms. The zero-order chi connectivity index (χ0) is 17.5. The summed E-state index contributed by atoms with van der Waals surface area (Å²) in [4.78, 5) is 11.1. The standard InChI is InChI=1S/C15H17N3O4S/c1-8-4-11(5-10(7-16)14(8)17)23(21,22)13-6-12(15(19)20)18(3)9(13)2/h4-7,16H,17H2,1-3H3,(H,19,20). The lowest BCUT2D eigenvalue weighted by Crippen LogP contribution is -2.07. The molecule has 0 bridgehead atoms. The summed E-state index contributed by atoms with van der Waals surface area (Å²) in [7, 11) is -2.42. The lowest BCUT2D eigenvalue weighted by atomic mass is 10.1. The number of anilines is 1. The molecule has 0 saturated carbocycles. The van der Waals surface area contributed by atoms with Gasteiger partial charge in [-0.1, -0.05) is 0 Å². The Morgan fingerprint density at radius 3 is 2.39 bits per heavy atom. The van der Waals surface area contributed by atoms with Crippen molar-refractivity contribution in [3.05, 3.63) is 40.7 Å². The van der Waals surface area contributed by atoms with Crippen LogP contribution in [0, 0.1) is 19.3 Å². The van der Waals surface area contributed by atoms with Crippen LogP contribution in [-0.2, 0) is 16.9 Å². The van der Waals surface area contributed by atoms with Crippen molar-refractivity contribution in [2.24, 2.45) is 7.05 Å². The highest BCUT2D eigenvalue weighted by Gasteiger charge is 2.26. The number of carbonyl (C=O) groups is 1. The van der Waals surface area contributed by atoms with Crippen LogP contribution < -0.4 is 5.73 Å². The molecule has 0 aliphatic rings. The van der Waals surface area contributed by atoms with Crippen molar-refractivity contribution >= 4 is 27.7 Å². The zero-order valence-corrected chi connectivity index (χ0v) is 13.7. The van der Waals surface area contributed by atoms with Crippen molar-refractivity contribution in [2.45, 2.75) is 23.6 Å². The predicted molar refractivity (Wildman–Crippen MR) is 86.0 cm³/mol. The first-order chi connectivity index (χ1) is 10.6. The average molecular weight is 335 g/mol. The molecule has 1 aromatic heterocycles. The number of nitrogens with two attached hydrogens (primary N) is 1. The summed E-state index contributed by atoms with van der Waals surface area (Å²) in [6.45, 7) is 3.20. The number of benzene rings is 1. The van der Waals surface area contributed by atoms with Crippen molar-refractivity contribution in [1.29, 1.82) is 5.41 Å². The summed E-state index contributed by atoms with van der Waals surface area (Å²) in [5.41, 5.74) is 7.21. The number of rotatable bonds is 4. The minimum Gasteiger partial charge on any atom is -0.477 e. The van der Waals surface area contributed by atoms with Crippen LogP contribution in [0.1, 0.15) is 27.3 Å². The molecule has 23 heavy (non-hydrogen) atoms. The number of aryl methyl sites for hydroxylation is 1. The van der Waals surface area contributed by atoms with E-state index in [0.717, 1.165) is 12.3 Å². The lowest BCUT2D eigenvalue weighted by molar-refractivity contribution is 0.0686. The quantitative estimate of drug-likeness (QED) is 0.579. The van der Waals surface area contributed by atoms with Crippen molar-refractivity contribution in [3.63, 3.8) is 0 Å². The topological polar surface area (TPSA) is 126 Å². The number of carboxylic acid groups (broad SMARTS) is 1. The van der Waals surface area contributed by atoms with E-state index >= 15 is 0 Å². The Morgan fingerprint density at radius 1 is 1.30 bits per heavy atom. The van der Waals surface area contributed by atoms with Crippen LogP contribution in [0.3, 0.4) is 0 Å². The molecule has 4 N–H and O–H groups in total. The van der Waals surface area contributed by atoms with Gasteiger partial charge in [-0.2, -0.15) is 0 Å². The molecule has 0 aliphatic carbocycles. The number of nitrogen functional groups attached to an aromatic ring is 1. The molecule has 0 spiro atoms. The van der Waals surface area contributed by atoms with E-state index in [1.165, 1.54) is 23.7 Å². The Bertz CT molecular complexity index is 927. The summed E-state index contributed by atoms with van der Waals surface area (Å²) < 4.78 is 27.0. The lowest BCUT2D eigenvalue weighted by Gasteiger charge is -2.10. The molecule has 1 aromatic carbocycles. The van der Waals surface area contributed by atoms with Crippen molar-refractivity contribution < 1.29 is 18.3 Å². The molecule has 0 amide bonds. The van der Waals surface area contributed by atoms with Crippen LogP contribution >= 0.6 is 0 Å². The maximum Gasteiger partial charge on any atom is 0.352 e. The van der Waals surface area contributed by atoms with Crippen molar-refractivity contribution in [3.8, 4) is 0 Å². The van der Waals surface area contributed by atoms with E-state index in [0.29, 0.717) is 22.5 Å². The Labute approximate surface area is 133 Å². The van der Waals surface area contributed by atoms with Gasteiger partial charge < -0.3 is 20.8 Å². The second-order valence-electron chi connectivity index (χ2n) is 5.23. The molecule has 0 unspecified atom stereocenters. The van der Waals surface area contributed by atoms with Crippen molar-refractivity contribution in [1.82, 2.24) is 4.57 Å². The normalized spacial score (nSPS) is 11.4. The summed E-state index contributed by atoms with van der Waals surface area (Å²) in [5.74, 6) is -1.20. The first kappa shape index (κ1) is 16.8. The summed E-state index contributed by atoms with van der Waals surface area (Å²) >= 11 is 0. The molecule has 0 atom stereocenters. The number of carboxylic acids is 1. The van der Waals surface area contributed by atoms with Gasteiger partial charge in [0.2, 0.25) is 9.84 Å². The number of nitrogens with zero attached hydrogens (tertiary/aromatic N) is 1. The van der Waals surface area contributed by atoms with Gasteiger partial charge in [0.25, 0.3) is 0 Å². The maximum absolute atomic E-state index is 12.9. The molecule has 122 valence electrons. The molecular formula is C15H17N3O4S. The average Bonchev–Trinajstić information content (AvgIpc) is 2.78. The minimum atomic E-state index is -3.92. The van der Waals surface area contributed by atoms with Crippen LogP contribution in [0.2, 0.25) is 0 Å². The third-order valence-corrected chi connectivity index (χ3v) is 5.70. The fourth-order valence-electron chi connectivity index (χ4n) is 2.34. The Balaban J connectivity index is 2.74. The third kappa shape index (κ3) is 2.61. The molecular weight excluding hydrogens is 318 g/mol. The second kappa shape index (κ2) is 5.54. The first-order valence-corrected chi connectivity index (χ1v) is 8.14. The Hall–Kier alpha value is -2.61. The van der Waals surface area contributed by atoms with Gasteiger partial charge in [0.05, 0.1) is 9.79 Å². The molecule has 0 radical (unpaired) electrons. The van der Waals surface area contributed by atoms with Crippen molar-refractivity contribution in [2.75, 3.05) is 5.73 Å². The third-order valence-electron chi connectivity index (χ3n) is 3.86. The number of hydrogen-bond donors (Lipinski definition) is 3. The van der Waals surface area contributed by atoms with E-state index in [2.05, 4.69) is 0 Å². The number of hydrogen-bond acceptors (Lipinski definition) is 5. The van der Waals surface area contributed by atoms with Crippen LogP contribution in [0.15, 0.2) is 28.0 Å². The van der Waals surface area contributed by atoms with Gasteiger partial charge in [0, 0.05) is 30.2 Å². The molecule has 2 aromatic rings. The fraction of sp³-hybridized carbons (Fsp3) is 0.200. The van der Waals surface area contributed by atoms with E-state index in [1.54, 1.807) is 13.8 Å². The number of sulfone groups is 1. The highest BCUT2D eigenvalue weighted by Crippen LogP contribution is 2.29. The summed E-state index contributed by atoms with van der Waals surface area (Å²) in [6.07, 6.45) is 0.988. The molecule has 0 saturated heterocycles. The molecule has 2 rings (SSSR count). The highest BCUT2D eigenvalue weighted by molar-refractivity contribution is 7.91. The van der Waals surface area contributed by atoms with Gasteiger partial charge in [0.15, 0.2) is 0 Å². The van der Waals surface area contributed by atoms with E-state index in [1.807, 2.05) is 0 Å². The van der Waals surface area contributed by atoms with E-state index in [4.69, 9.17) is 16.2 Å². The monoisotopic (exact) mass is 335 g/mol. The van der Waals surface area contributed by atoms with Gasteiger partial charge in [-0.25, -0.2) is 13.2 Å². The zero-order valence-electron chi connectivity index (χ0n) is 12.9. The summed E-state index contributed by atoms with van der Waals surface area (Å²) in [5, 5.41) is 16.5. The molecule has 1 heterocycles. The van der Waals surface area contributed by atoms with E-state index < -0.39 is 15.8 Å². The SMILES string of the molecule is Cc1cc(S(=O)(=O)c2cc(C(=O)O)n(C)c2C)cc(C=N)c1N. The van der Waals surface area contributed by atoms with Gasteiger partial charge in [-0.3, -0.25) is 0 Å². The number of aromatic nitrogens is 1. The second-order valence-corrected chi connectivity index (χ2v) is 7.15. The minimum absolute atomic E-state index is 0.0201. The van der Waals surface area contributed by atoms with Gasteiger partial charge in [-0.15, -0.1) is 0 Å². The summed E-state index contributed by atoms with van der Waals surface area (Å²) in [6, 6.07) is 3.88. The highest BCUT2D eigenvalue weighted by atomic mass is 32.2. The Morgan fingerprint density at radius 2 is 1.91 bits per heavy atom. The number of nitrogens with one attached hydrogen (secondary N) is 1. The molecule has 0 aliphatic heterocycles. The maximum atomic E-state index is 12.9. The Kier molecular flexibility index (Phi) is 4.04. The van der Waals surface area contributed by atoms with Crippen LogP contribution in [0.4, 0.5) is 5.69 Å². The van der Waals surface area contributed by atoms with Crippen LogP contribution in [0.25, 0.3) is 0 Å². The molecule has 7 nitrogen and oxygen atoms in total. The fourth-order valence-corrected chi connectivity index (χ4v) is 4.00. The van der Waals surface area contributed by atoms with E-state index in [-0.39, 0.29) is 15.5 Å². The van der Waals surface area contributed by atoms with Crippen LogP contribution in [0.5, 0.6) is 0 Å². The largest absolute Gasteiger partial charge is 0.477 e. The molecule has 0 fully saturated rings. The van der Waals surface area contributed by atoms with Gasteiger partial charge in [-0.05, 0) is 37.6 Å². The van der Waals surface area contributed by atoms with Gasteiger partial charge >= 0.3 is 5.97 Å². The van der Waals surface area contributed by atoms with E-state index in [9.17, 15) is 13.2 Å². The first-order valence-electron chi connectivity index (χ1n) is 6.66.